The van der Waals surface area contributed by atoms with Crippen molar-refractivity contribution in [3.05, 3.63) is 65.7 Å². The van der Waals surface area contributed by atoms with Crippen LogP contribution >= 0.6 is 0 Å². The number of benzene rings is 2. The van der Waals surface area contributed by atoms with E-state index in [-0.39, 0.29) is 36.7 Å². The number of fused-ring (bicyclic) bond motifs is 1. The van der Waals surface area contributed by atoms with E-state index in [1.54, 1.807) is 43.0 Å². The van der Waals surface area contributed by atoms with Gasteiger partial charge in [-0.05, 0) is 51.8 Å². The van der Waals surface area contributed by atoms with Gasteiger partial charge in [0, 0.05) is 13.1 Å². The molecule has 0 bridgehead atoms. The minimum absolute atomic E-state index is 0.0842. The highest BCUT2D eigenvalue weighted by atomic mass is 16.5. The molecular weight excluding hydrogens is 512 g/mol. The Bertz CT molecular complexity index is 1220. The first-order chi connectivity index (χ1) is 19.0. The normalized spacial score (nSPS) is 25.8. The molecule has 1 saturated heterocycles. The molecule has 40 heavy (non-hydrogen) atoms. The number of carbonyl (C=O) groups is 4. The molecule has 214 valence electrons. The Kier molecular flexibility index (Phi) is 9.09. The third-order valence-corrected chi connectivity index (χ3v) is 6.98. The van der Waals surface area contributed by atoms with Crippen LogP contribution < -0.4 is 20.7 Å². The number of carbonyl (C=O) groups excluding carboxylic acids is 4. The molecule has 10 nitrogen and oxygen atoms in total. The van der Waals surface area contributed by atoms with Crippen LogP contribution in [-0.2, 0) is 25.5 Å². The maximum Gasteiger partial charge on any atom is 0.255 e. The number of ether oxygens (including phenoxy) is 2. The Morgan fingerprint density at radius 1 is 0.950 bits per heavy atom. The van der Waals surface area contributed by atoms with E-state index in [4.69, 9.17) is 9.47 Å². The molecule has 4 amide bonds. The van der Waals surface area contributed by atoms with Crippen LogP contribution in [0.1, 0.15) is 50.0 Å². The molecule has 2 aromatic carbocycles. The lowest BCUT2D eigenvalue weighted by molar-refractivity contribution is -0.146. The zero-order valence-corrected chi connectivity index (χ0v) is 23.4. The molecule has 2 aliphatic rings. The van der Waals surface area contributed by atoms with Crippen molar-refractivity contribution in [1.29, 1.82) is 0 Å². The van der Waals surface area contributed by atoms with E-state index in [2.05, 4.69) is 16.0 Å². The van der Waals surface area contributed by atoms with Gasteiger partial charge in [-0.25, -0.2) is 0 Å². The summed E-state index contributed by atoms with van der Waals surface area (Å²) in [6, 6.07) is 14.8. The summed E-state index contributed by atoms with van der Waals surface area (Å²) in [5.41, 5.74) is -0.0571. The highest BCUT2D eigenvalue weighted by molar-refractivity contribution is 6.01. The molecule has 4 rings (SSSR count). The van der Waals surface area contributed by atoms with E-state index in [0.717, 1.165) is 5.56 Å². The standard InChI is InChI=1S/C30H38N4O6/c1-19-16-34(17-20(2)40-19)28(37)24-15-26(35)33-30(3,4)29(38)31-22(14-21-10-6-5-7-11-21)18-39-25-13-9-8-12-23(25)27(36)32-24/h5-13,19-20,22,24H,14-18H2,1-4H3,(H,31,38)(H,32,36)(H,33,35)/t19-,20+,22-,24+/m1/s1. The number of morpholine rings is 1. The third-order valence-electron chi connectivity index (χ3n) is 6.98. The average Bonchev–Trinajstić information content (AvgIpc) is 2.90. The van der Waals surface area contributed by atoms with Gasteiger partial charge in [-0.2, -0.15) is 0 Å². The van der Waals surface area contributed by atoms with Gasteiger partial charge in [0.05, 0.1) is 30.2 Å². The molecule has 1 fully saturated rings. The molecule has 2 aromatic rings. The van der Waals surface area contributed by atoms with Crippen molar-refractivity contribution in [2.75, 3.05) is 19.7 Å². The van der Waals surface area contributed by atoms with Crippen LogP contribution in [0.15, 0.2) is 54.6 Å². The predicted octanol–water partition coefficient (Wildman–Crippen LogP) is 1.83. The quantitative estimate of drug-likeness (QED) is 0.536. The fourth-order valence-corrected chi connectivity index (χ4v) is 5.04. The smallest absolute Gasteiger partial charge is 0.255 e. The van der Waals surface area contributed by atoms with Crippen molar-refractivity contribution in [3.63, 3.8) is 0 Å². The van der Waals surface area contributed by atoms with Gasteiger partial charge in [0.15, 0.2) is 0 Å². The molecule has 0 unspecified atom stereocenters. The summed E-state index contributed by atoms with van der Waals surface area (Å²) < 4.78 is 11.8. The minimum atomic E-state index is -1.28. The lowest BCUT2D eigenvalue weighted by Gasteiger charge is -2.37. The van der Waals surface area contributed by atoms with Crippen LogP contribution in [0.5, 0.6) is 5.75 Å². The van der Waals surface area contributed by atoms with Crippen molar-refractivity contribution in [2.24, 2.45) is 0 Å². The Labute approximate surface area is 234 Å². The van der Waals surface area contributed by atoms with E-state index in [0.29, 0.717) is 25.3 Å². The van der Waals surface area contributed by atoms with E-state index >= 15 is 0 Å². The van der Waals surface area contributed by atoms with Crippen LogP contribution in [0.25, 0.3) is 0 Å². The zero-order chi connectivity index (χ0) is 28.9. The van der Waals surface area contributed by atoms with Gasteiger partial charge in [0.2, 0.25) is 17.7 Å². The first-order valence-electron chi connectivity index (χ1n) is 13.6. The van der Waals surface area contributed by atoms with Crippen LogP contribution in [0, 0.1) is 0 Å². The first-order valence-corrected chi connectivity index (χ1v) is 13.6. The largest absolute Gasteiger partial charge is 0.491 e. The number of para-hydroxylation sites is 1. The van der Waals surface area contributed by atoms with Gasteiger partial charge in [-0.15, -0.1) is 0 Å². The second kappa shape index (κ2) is 12.5. The van der Waals surface area contributed by atoms with E-state index in [1.807, 2.05) is 44.2 Å². The van der Waals surface area contributed by atoms with Gasteiger partial charge in [-0.1, -0.05) is 42.5 Å². The van der Waals surface area contributed by atoms with E-state index in [1.165, 1.54) is 0 Å². The van der Waals surface area contributed by atoms with Gasteiger partial charge in [0.25, 0.3) is 5.91 Å². The zero-order valence-electron chi connectivity index (χ0n) is 23.4. The Hall–Kier alpha value is -3.92. The third kappa shape index (κ3) is 7.38. The Morgan fingerprint density at radius 3 is 2.30 bits per heavy atom. The molecule has 0 aromatic heterocycles. The van der Waals surface area contributed by atoms with Gasteiger partial charge in [0.1, 0.15) is 23.9 Å². The average molecular weight is 551 g/mol. The fourth-order valence-electron chi connectivity index (χ4n) is 5.04. The molecule has 2 heterocycles. The van der Waals surface area contributed by atoms with Gasteiger partial charge in [-0.3, -0.25) is 19.2 Å². The van der Waals surface area contributed by atoms with Crippen LogP contribution in [0.2, 0.25) is 0 Å². The molecule has 10 heteroatoms. The second-order valence-electron chi connectivity index (χ2n) is 11.1. The summed E-state index contributed by atoms with van der Waals surface area (Å²) in [6.45, 7) is 7.70. The monoisotopic (exact) mass is 550 g/mol. The number of hydrogen-bond donors (Lipinski definition) is 3. The summed E-state index contributed by atoms with van der Waals surface area (Å²) in [4.78, 5) is 55.2. The Morgan fingerprint density at radius 2 is 1.60 bits per heavy atom. The molecular formula is C30H38N4O6. The molecule has 3 N–H and O–H groups in total. The SMILES string of the molecule is C[C@@H]1CN(C(=O)[C@@H]2CC(=O)NC(C)(C)C(=O)N[C@H](Cc3ccccc3)COc3ccccc3C(=O)N2)C[C@H](C)O1. The number of amides is 4. The fraction of sp³-hybridized carbons (Fsp3) is 0.467. The van der Waals surface area contributed by atoms with Crippen LogP contribution in [-0.4, -0.2) is 78.1 Å². The van der Waals surface area contributed by atoms with Crippen molar-refractivity contribution >= 4 is 23.6 Å². The first kappa shape index (κ1) is 29.1. The number of rotatable bonds is 3. The molecule has 0 spiro atoms. The number of nitrogens with zero attached hydrogens (tertiary/aromatic N) is 1. The van der Waals surface area contributed by atoms with E-state index < -0.39 is 35.3 Å². The lowest BCUT2D eigenvalue weighted by Crippen LogP contribution is -2.60. The topological polar surface area (TPSA) is 126 Å². The summed E-state index contributed by atoms with van der Waals surface area (Å²) in [5.74, 6) is -1.53. The highest BCUT2D eigenvalue weighted by Gasteiger charge is 2.36. The molecule has 0 saturated carbocycles. The van der Waals surface area contributed by atoms with Gasteiger partial charge < -0.3 is 30.3 Å². The summed E-state index contributed by atoms with van der Waals surface area (Å²) in [5, 5.41) is 8.51. The van der Waals surface area contributed by atoms with E-state index in [9.17, 15) is 19.2 Å². The summed E-state index contributed by atoms with van der Waals surface area (Å²) in [6.07, 6.45) is -0.219. The van der Waals surface area contributed by atoms with Crippen LogP contribution in [0.4, 0.5) is 0 Å². The Balaban J connectivity index is 1.64. The molecule has 0 radical (unpaired) electrons. The van der Waals surface area contributed by atoms with Crippen molar-refractivity contribution in [3.8, 4) is 5.75 Å². The maximum atomic E-state index is 13.6. The second-order valence-corrected chi connectivity index (χ2v) is 11.1. The van der Waals surface area contributed by atoms with Crippen molar-refractivity contribution in [1.82, 2.24) is 20.9 Å². The minimum Gasteiger partial charge on any atom is -0.491 e. The summed E-state index contributed by atoms with van der Waals surface area (Å²) in [7, 11) is 0. The molecule has 0 aliphatic carbocycles. The molecule has 4 atom stereocenters. The highest BCUT2D eigenvalue weighted by Crippen LogP contribution is 2.21. The van der Waals surface area contributed by atoms with Crippen molar-refractivity contribution in [2.45, 2.75) is 70.4 Å². The number of nitrogens with one attached hydrogen (secondary N) is 3. The lowest BCUT2D eigenvalue weighted by atomic mass is 10.0. The predicted molar refractivity (Wildman–Crippen MR) is 149 cm³/mol. The number of hydrogen-bond acceptors (Lipinski definition) is 6. The van der Waals surface area contributed by atoms with Gasteiger partial charge >= 0.3 is 0 Å². The van der Waals surface area contributed by atoms with Crippen LogP contribution in [0.3, 0.4) is 0 Å². The maximum absolute atomic E-state index is 13.6. The van der Waals surface area contributed by atoms with Crippen molar-refractivity contribution < 1.29 is 28.7 Å². The molecule has 2 aliphatic heterocycles. The summed E-state index contributed by atoms with van der Waals surface area (Å²) >= 11 is 0.